The smallest absolute Gasteiger partial charge is 0.317 e. The quantitative estimate of drug-likeness (QED) is 0.611. The minimum atomic E-state index is -0.174. The van der Waals surface area contributed by atoms with E-state index in [1.807, 2.05) is 0 Å². The molecule has 0 saturated carbocycles. The Bertz CT molecular complexity index is 200. The van der Waals surface area contributed by atoms with E-state index >= 15 is 0 Å². The Balaban J connectivity index is 2.20. The molecule has 1 fully saturated rings. The lowest BCUT2D eigenvalue weighted by molar-refractivity contribution is -0.119. The summed E-state index contributed by atoms with van der Waals surface area (Å²) in [5.41, 5.74) is 0. The number of nitrogens with zero attached hydrogens (tertiary/aromatic N) is 1. The van der Waals surface area contributed by atoms with Crippen LogP contribution < -0.4 is 10.6 Å². The summed E-state index contributed by atoms with van der Waals surface area (Å²) in [7, 11) is 1.55. The highest BCUT2D eigenvalue weighted by atomic mass is 16.2. The monoisotopic (exact) mass is 185 g/mol. The van der Waals surface area contributed by atoms with Crippen molar-refractivity contribution in [2.75, 3.05) is 26.7 Å². The molecule has 0 aromatic heterocycles. The molecule has 0 bridgehead atoms. The van der Waals surface area contributed by atoms with Gasteiger partial charge >= 0.3 is 6.03 Å². The number of amides is 3. The average molecular weight is 185 g/mol. The van der Waals surface area contributed by atoms with Crippen LogP contribution in [0.1, 0.15) is 12.8 Å². The zero-order valence-corrected chi connectivity index (χ0v) is 7.80. The molecule has 0 radical (unpaired) electrons. The summed E-state index contributed by atoms with van der Waals surface area (Å²) in [5, 5.41) is 4.99. The van der Waals surface area contributed by atoms with Gasteiger partial charge in [-0.25, -0.2) is 4.79 Å². The zero-order valence-electron chi connectivity index (χ0n) is 7.80. The second-order valence-electron chi connectivity index (χ2n) is 3.03. The van der Waals surface area contributed by atoms with Gasteiger partial charge in [-0.15, -0.1) is 0 Å². The van der Waals surface area contributed by atoms with Crippen molar-refractivity contribution in [3.05, 3.63) is 0 Å². The Labute approximate surface area is 77.5 Å². The van der Waals surface area contributed by atoms with Crippen molar-refractivity contribution in [1.29, 1.82) is 0 Å². The van der Waals surface area contributed by atoms with Crippen LogP contribution in [0.25, 0.3) is 0 Å². The van der Waals surface area contributed by atoms with E-state index in [4.69, 9.17) is 0 Å². The molecule has 5 heteroatoms. The third-order valence-electron chi connectivity index (χ3n) is 2.07. The molecule has 0 aliphatic carbocycles. The number of hydrogen-bond donors (Lipinski definition) is 2. The molecule has 1 saturated heterocycles. The molecule has 74 valence electrons. The summed E-state index contributed by atoms with van der Waals surface area (Å²) >= 11 is 0. The van der Waals surface area contributed by atoms with Gasteiger partial charge in [0.1, 0.15) is 0 Å². The predicted molar refractivity (Wildman–Crippen MR) is 48.3 cm³/mol. The van der Waals surface area contributed by atoms with Crippen LogP contribution in [0.15, 0.2) is 0 Å². The third-order valence-corrected chi connectivity index (χ3v) is 2.07. The first-order valence-corrected chi connectivity index (χ1v) is 4.47. The van der Waals surface area contributed by atoms with E-state index in [9.17, 15) is 9.59 Å². The summed E-state index contributed by atoms with van der Waals surface area (Å²) in [6.45, 7) is 1.67. The molecule has 0 spiro atoms. The number of likely N-dealkylation sites (tertiary alicyclic amines) is 1. The van der Waals surface area contributed by atoms with Crippen LogP contribution in [0.5, 0.6) is 0 Å². The summed E-state index contributed by atoms with van der Waals surface area (Å²) in [4.78, 5) is 23.8. The lowest BCUT2D eigenvalue weighted by Crippen LogP contribution is -2.42. The molecular formula is C8H15N3O2. The first-order chi connectivity index (χ1) is 6.24. The topological polar surface area (TPSA) is 61.4 Å². The second kappa shape index (κ2) is 4.69. The van der Waals surface area contributed by atoms with Gasteiger partial charge in [0.2, 0.25) is 5.91 Å². The highest BCUT2D eigenvalue weighted by Gasteiger charge is 2.17. The Morgan fingerprint density at radius 1 is 1.31 bits per heavy atom. The van der Waals surface area contributed by atoms with Crippen molar-refractivity contribution < 1.29 is 9.59 Å². The molecule has 13 heavy (non-hydrogen) atoms. The Morgan fingerprint density at radius 3 is 2.46 bits per heavy atom. The first-order valence-electron chi connectivity index (χ1n) is 4.47. The maximum Gasteiger partial charge on any atom is 0.317 e. The van der Waals surface area contributed by atoms with Crippen LogP contribution in [0.3, 0.4) is 0 Å². The zero-order chi connectivity index (χ0) is 9.68. The van der Waals surface area contributed by atoms with Crippen molar-refractivity contribution in [2.45, 2.75) is 12.8 Å². The van der Waals surface area contributed by atoms with E-state index in [-0.39, 0.29) is 18.5 Å². The highest BCUT2D eigenvalue weighted by molar-refractivity contribution is 5.83. The Hall–Kier alpha value is -1.26. The fourth-order valence-corrected chi connectivity index (χ4v) is 1.28. The number of hydrogen-bond acceptors (Lipinski definition) is 2. The van der Waals surface area contributed by atoms with E-state index in [0.29, 0.717) is 0 Å². The fourth-order valence-electron chi connectivity index (χ4n) is 1.28. The standard InChI is InChI=1S/C8H15N3O2/c1-9-7(12)6-10-8(13)11-4-2-3-5-11/h2-6H2,1H3,(H,9,12)(H,10,13). The minimum absolute atomic E-state index is 0.0613. The lowest BCUT2D eigenvalue weighted by Gasteiger charge is -2.15. The predicted octanol–water partition coefficient (Wildman–Crippen LogP) is -0.462. The van der Waals surface area contributed by atoms with Gasteiger partial charge in [-0.2, -0.15) is 0 Å². The van der Waals surface area contributed by atoms with Gasteiger partial charge in [-0.3, -0.25) is 4.79 Å². The normalized spacial score (nSPS) is 15.6. The SMILES string of the molecule is CNC(=O)CNC(=O)N1CCCC1. The van der Waals surface area contributed by atoms with Gasteiger partial charge in [0.25, 0.3) is 0 Å². The van der Waals surface area contributed by atoms with Crippen LogP contribution in [-0.4, -0.2) is 43.5 Å². The van der Waals surface area contributed by atoms with Crippen LogP contribution >= 0.6 is 0 Å². The maximum absolute atomic E-state index is 11.3. The molecular weight excluding hydrogens is 170 g/mol. The summed E-state index contributed by atoms with van der Waals surface area (Å²) in [6, 6.07) is -0.138. The van der Waals surface area contributed by atoms with Gasteiger partial charge < -0.3 is 15.5 Å². The number of nitrogens with one attached hydrogen (secondary N) is 2. The Kier molecular flexibility index (Phi) is 3.54. The van der Waals surface area contributed by atoms with Crippen LogP contribution in [0.4, 0.5) is 4.79 Å². The van der Waals surface area contributed by atoms with Gasteiger partial charge in [0.05, 0.1) is 6.54 Å². The minimum Gasteiger partial charge on any atom is -0.358 e. The van der Waals surface area contributed by atoms with Gasteiger partial charge in [0, 0.05) is 20.1 Å². The molecule has 0 aromatic rings. The molecule has 0 aromatic carbocycles. The van der Waals surface area contributed by atoms with Crippen molar-refractivity contribution >= 4 is 11.9 Å². The van der Waals surface area contributed by atoms with Crippen molar-refractivity contribution in [1.82, 2.24) is 15.5 Å². The first kappa shape index (κ1) is 9.83. The van der Waals surface area contributed by atoms with Gasteiger partial charge in [-0.1, -0.05) is 0 Å². The van der Waals surface area contributed by atoms with Crippen LogP contribution in [0.2, 0.25) is 0 Å². The Morgan fingerprint density at radius 2 is 1.92 bits per heavy atom. The summed E-state index contributed by atoms with van der Waals surface area (Å²) in [6.07, 6.45) is 2.13. The lowest BCUT2D eigenvalue weighted by atomic mass is 10.4. The van der Waals surface area contributed by atoms with Gasteiger partial charge in [0.15, 0.2) is 0 Å². The van der Waals surface area contributed by atoms with E-state index < -0.39 is 0 Å². The number of likely N-dealkylation sites (N-methyl/N-ethyl adjacent to an activating group) is 1. The molecule has 1 heterocycles. The molecule has 3 amide bonds. The maximum atomic E-state index is 11.3. The largest absolute Gasteiger partial charge is 0.358 e. The molecule has 1 aliphatic heterocycles. The number of carbonyl (C=O) groups excluding carboxylic acids is 2. The molecule has 5 nitrogen and oxygen atoms in total. The van der Waals surface area contributed by atoms with E-state index in [1.54, 1.807) is 11.9 Å². The number of rotatable bonds is 2. The highest BCUT2D eigenvalue weighted by Crippen LogP contribution is 2.06. The van der Waals surface area contributed by atoms with Crippen molar-refractivity contribution in [2.24, 2.45) is 0 Å². The number of carbonyl (C=O) groups is 2. The fraction of sp³-hybridized carbons (Fsp3) is 0.750. The third kappa shape index (κ3) is 2.93. The second-order valence-corrected chi connectivity index (χ2v) is 3.03. The van der Waals surface area contributed by atoms with Crippen molar-refractivity contribution in [3.8, 4) is 0 Å². The molecule has 0 atom stereocenters. The number of urea groups is 1. The van der Waals surface area contributed by atoms with Crippen molar-refractivity contribution in [3.63, 3.8) is 0 Å². The van der Waals surface area contributed by atoms with Crippen LogP contribution in [-0.2, 0) is 4.79 Å². The summed E-state index contributed by atoms with van der Waals surface area (Å²) < 4.78 is 0. The molecule has 2 N–H and O–H groups in total. The molecule has 1 rings (SSSR count). The van der Waals surface area contributed by atoms with E-state index in [0.717, 1.165) is 25.9 Å². The van der Waals surface area contributed by atoms with E-state index in [2.05, 4.69) is 10.6 Å². The molecule has 1 aliphatic rings. The van der Waals surface area contributed by atoms with E-state index in [1.165, 1.54) is 0 Å². The van der Waals surface area contributed by atoms with Gasteiger partial charge in [-0.05, 0) is 12.8 Å². The molecule has 0 unspecified atom stereocenters. The summed E-state index contributed by atoms with van der Waals surface area (Å²) in [5.74, 6) is -0.174. The van der Waals surface area contributed by atoms with Crippen LogP contribution in [0, 0.1) is 0 Å². The average Bonchev–Trinajstić information content (AvgIpc) is 2.66.